The molecule has 12 heavy (non-hydrogen) atoms. The van der Waals surface area contributed by atoms with E-state index in [0.717, 1.165) is 0 Å². The van der Waals surface area contributed by atoms with Crippen LogP contribution in [0.5, 0.6) is 0 Å². The van der Waals surface area contributed by atoms with Gasteiger partial charge < -0.3 is 4.74 Å². The van der Waals surface area contributed by atoms with E-state index in [1.807, 2.05) is 0 Å². The summed E-state index contributed by atoms with van der Waals surface area (Å²) in [5, 5.41) is 0. The van der Waals surface area contributed by atoms with Gasteiger partial charge >= 0.3 is 0 Å². The molecule has 70 valence electrons. The molecule has 0 saturated heterocycles. The number of rotatable bonds is 1. The summed E-state index contributed by atoms with van der Waals surface area (Å²) in [5.74, 6) is 0. The minimum Gasteiger partial charge on any atom is -0.369 e. The molecular formula is C11H20O. The lowest BCUT2D eigenvalue weighted by Crippen LogP contribution is -2.25. The van der Waals surface area contributed by atoms with Gasteiger partial charge in [0, 0.05) is 0 Å². The zero-order valence-corrected chi connectivity index (χ0v) is 8.47. The van der Waals surface area contributed by atoms with E-state index in [2.05, 4.69) is 32.9 Å². The second-order valence-electron chi connectivity index (χ2n) is 4.48. The summed E-state index contributed by atoms with van der Waals surface area (Å²) in [4.78, 5) is 0. The Hall–Kier alpha value is -0.300. The van der Waals surface area contributed by atoms with Crippen LogP contribution in [-0.4, -0.2) is 11.7 Å². The number of ether oxygens (including phenoxy) is 1. The SMILES string of the molecule is CC(C)(C)OC1C=CCCCC1. The molecule has 1 aliphatic carbocycles. The predicted molar refractivity (Wildman–Crippen MR) is 52.2 cm³/mol. The molecule has 0 aromatic rings. The lowest BCUT2D eigenvalue weighted by Gasteiger charge is -2.25. The second kappa shape index (κ2) is 4.08. The van der Waals surface area contributed by atoms with Crippen LogP contribution in [0.15, 0.2) is 12.2 Å². The van der Waals surface area contributed by atoms with Gasteiger partial charge in [-0.05, 0) is 40.0 Å². The van der Waals surface area contributed by atoms with Crippen LogP contribution in [0.4, 0.5) is 0 Å². The molecule has 0 heterocycles. The maximum atomic E-state index is 5.87. The summed E-state index contributed by atoms with van der Waals surface area (Å²) in [6.07, 6.45) is 9.86. The van der Waals surface area contributed by atoms with Crippen molar-refractivity contribution in [3.8, 4) is 0 Å². The molecule has 1 atom stereocenters. The Balaban J connectivity index is 2.39. The van der Waals surface area contributed by atoms with Gasteiger partial charge in [0.25, 0.3) is 0 Å². The first-order valence-electron chi connectivity index (χ1n) is 4.92. The predicted octanol–water partition coefficient (Wildman–Crippen LogP) is 3.30. The Kier molecular flexibility index (Phi) is 3.33. The van der Waals surface area contributed by atoms with Crippen LogP contribution < -0.4 is 0 Å². The Morgan fingerprint density at radius 1 is 1.25 bits per heavy atom. The second-order valence-corrected chi connectivity index (χ2v) is 4.48. The van der Waals surface area contributed by atoms with Crippen molar-refractivity contribution in [2.45, 2.75) is 58.2 Å². The van der Waals surface area contributed by atoms with Crippen LogP contribution in [0.3, 0.4) is 0 Å². The monoisotopic (exact) mass is 168 g/mol. The lowest BCUT2D eigenvalue weighted by atomic mass is 10.1. The summed E-state index contributed by atoms with van der Waals surface area (Å²) in [5.41, 5.74) is -0.000648. The van der Waals surface area contributed by atoms with Crippen LogP contribution in [0, 0.1) is 0 Å². The average molecular weight is 168 g/mol. The fourth-order valence-electron chi connectivity index (χ4n) is 1.50. The van der Waals surface area contributed by atoms with Crippen molar-refractivity contribution in [2.24, 2.45) is 0 Å². The largest absolute Gasteiger partial charge is 0.369 e. The smallest absolute Gasteiger partial charge is 0.0762 e. The van der Waals surface area contributed by atoms with Crippen LogP contribution in [0.2, 0.25) is 0 Å². The van der Waals surface area contributed by atoms with Gasteiger partial charge in [0.05, 0.1) is 11.7 Å². The van der Waals surface area contributed by atoms with Crippen molar-refractivity contribution in [3.63, 3.8) is 0 Å². The first kappa shape index (κ1) is 9.79. The average Bonchev–Trinajstić information content (AvgIpc) is 2.12. The van der Waals surface area contributed by atoms with E-state index in [1.165, 1.54) is 25.7 Å². The van der Waals surface area contributed by atoms with E-state index in [-0.39, 0.29) is 5.60 Å². The maximum Gasteiger partial charge on any atom is 0.0762 e. The molecule has 1 unspecified atom stereocenters. The summed E-state index contributed by atoms with van der Waals surface area (Å²) >= 11 is 0. The van der Waals surface area contributed by atoms with Crippen molar-refractivity contribution in [1.82, 2.24) is 0 Å². The maximum absolute atomic E-state index is 5.87. The van der Waals surface area contributed by atoms with Gasteiger partial charge in [-0.3, -0.25) is 0 Å². The third kappa shape index (κ3) is 3.91. The molecule has 0 aromatic heterocycles. The van der Waals surface area contributed by atoms with Crippen LogP contribution in [0.1, 0.15) is 46.5 Å². The van der Waals surface area contributed by atoms with E-state index in [1.54, 1.807) is 0 Å². The summed E-state index contributed by atoms with van der Waals surface area (Å²) in [6, 6.07) is 0. The van der Waals surface area contributed by atoms with Crippen molar-refractivity contribution >= 4 is 0 Å². The zero-order valence-electron chi connectivity index (χ0n) is 8.47. The molecule has 0 amide bonds. The molecule has 0 aromatic carbocycles. The number of allylic oxidation sites excluding steroid dienone is 1. The fourth-order valence-corrected chi connectivity index (χ4v) is 1.50. The third-order valence-electron chi connectivity index (χ3n) is 1.97. The zero-order chi connectivity index (χ0) is 9.03. The molecule has 1 heteroatoms. The van der Waals surface area contributed by atoms with E-state index in [9.17, 15) is 0 Å². The van der Waals surface area contributed by atoms with Crippen molar-refractivity contribution < 1.29 is 4.74 Å². The topological polar surface area (TPSA) is 9.23 Å². The van der Waals surface area contributed by atoms with E-state index in [0.29, 0.717) is 6.10 Å². The highest BCUT2D eigenvalue weighted by Crippen LogP contribution is 2.19. The quantitative estimate of drug-likeness (QED) is 0.546. The Labute approximate surface area is 75.8 Å². The normalized spacial score (nSPS) is 25.4. The molecular weight excluding hydrogens is 148 g/mol. The van der Waals surface area contributed by atoms with Gasteiger partial charge in [0.1, 0.15) is 0 Å². The van der Waals surface area contributed by atoms with Gasteiger partial charge in [-0.1, -0.05) is 18.6 Å². The van der Waals surface area contributed by atoms with E-state index in [4.69, 9.17) is 4.74 Å². The number of hydrogen-bond acceptors (Lipinski definition) is 1. The molecule has 1 nitrogen and oxygen atoms in total. The summed E-state index contributed by atoms with van der Waals surface area (Å²) < 4.78 is 5.87. The van der Waals surface area contributed by atoms with Crippen molar-refractivity contribution in [3.05, 3.63) is 12.2 Å². The first-order chi connectivity index (χ1) is 5.58. The van der Waals surface area contributed by atoms with Gasteiger partial charge in [0.2, 0.25) is 0 Å². The first-order valence-corrected chi connectivity index (χ1v) is 4.92. The van der Waals surface area contributed by atoms with Crippen LogP contribution in [0.25, 0.3) is 0 Å². The Morgan fingerprint density at radius 3 is 2.67 bits per heavy atom. The highest BCUT2D eigenvalue weighted by Gasteiger charge is 2.16. The van der Waals surface area contributed by atoms with Crippen LogP contribution >= 0.6 is 0 Å². The van der Waals surface area contributed by atoms with Gasteiger partial charge in [0.15, 0.2) is 0 Å². The molecule has 0 fully saturated rings. The highest BCUT2D eigenvalue weighted by atomic mass is 16.5. The van der Waals surface area contributed by atoms with Gasteiger partial charge in [-0.25, -0.2) is 0 Å². The Morgan fingerprint density at radius 2 is 2.00 bits per heavy atom. The molecule has 0 bridgehead atoms. The molecule has 0 spiro atoms. The standard InChI is InChI=1S/C11H20O/c1-11(2,3)12-10-8-6-4-5-7-9-10/h6,8,10H,4-5,7,9H2,1-3H3. The molecule has 0 N–H and O–H groups in total. The molecule has 0 radical (unpaired) electrons. The number of hydrogen-bond donors (Lipinski definition) is 0. The molecule has 1 aliphatic rings. The molecule has 0 saturated carbocycles. The molecule has 0 aliphatic heterocycles. The fraction of sp³-hybridized carbons (Fsp3) is 0.818. The lowest BCUT2D eigenvalue weighted by molar-refractivity contribution is -0.0410. The van der Waals surface area contributed by atoms with Crippen molar-refractivity contribution in [1.29, 1.82) is 0 Å². The van der Waals surface area contributed by atoms with Gasteiger partial charge in [-0.2, -0.15) is 0 Å². The Bertz CT molecular complexity index is 153. The summed E-state index contributed by atoms with van der Waals surface area (Å²) in [6.45, 7) is 6.35. The van der Waals surface area contributed by atoms with Crippen molar-refractivity contribution in [2.75, 3.05) is 0 Å². The molecule has 1 rings (SSSR count). The minimum absolute atomic E-state index is 0.000648. The van der Waals surface area contributed by atoms with E-state index < -0.39 is 0 Å². The summed E-state index contributed by atoms with van der Waals surface area (Å²) in [7, 11) is 0. The van der Waals surface area contributed by atoms with Gasteiger partial charge in [-0.15, -0.1) is 0 Å². The highest BCUT2D eigenvalue weighted by molar-refractivity contribution is 4.93. The van der Waals surface area contributed by atoms with E-state index >= 15 is 0 Å². The van der Waals surface area contributed by atoms with Crippen LogP contribution in [-0.2, 0) is 4.74 Å². The third-order valence-corrected chi connectivity index (χ3v) is 1.97. The minimum atomic E-state index is -0.000648.